The Bertz CT molecular complexity index is 1080. The molecular formula is C21H20F3N5O3. The van der Waals surface area contributed by atoms with E-state index in [2.05, 4.69) is 20.9 Å². The first-order valence-corrected chi connectivity index (χ1v) is 9.68. The summed E-state index contributed by atoms with van der Waals surface area (Å²) >= 11 is 0. The zero-order valence-corrected chi connectivity index (χ0v) is 17.0. The number of aryl methyl sites for hydroxylation is 1. The number of amides is 2. The summed E-state index contributed by atoms with van der Waals surface area (Å²) in [5.41, 5.74) is 0.358. The lowest BCUT2D eigenvalue weighted by Gasteiger charge is -2.14. The molecule has 2 N–H and O–H groups in total. The Labute approximate surface area is 181 Å². The number of anilines is 2. The first-order valence-electron chi connectivity index (χ1n) is 9.68. The molecule has 1 heterocycles. The zero-order valence-electron chi connectivity index (χ0n) is 17.0. The van der Waals surface area contributed by atoms with Crippen LogP contribution in [-0.4, -0.2) is 33.6 Å². The second-order valence-electron chi connectivity index (χ2n) is 6.63. The van der Waals surface area contributed by atoms with Crippen LogP contribution in [0, 0.1) is 0 Å². The molecule has 11 heteroatoms. The average molecular weight is 447 g/mol. The van der Waals surface area contributed by atoms with Gasteiger partial charge in [0.05, 0.1) is 41.9 Å². The number of aromatic nitrogens is 3. The third-order valence-corrected chi connectivity index (χ3v) is 4.30. The van der Waals surface area contributed by atoms with Gasteiger partial charge in [0.2, 0.25) is 0 Å². The Morgan fingerprint density at radius 1 is 1.06 bits per heavy atom. The van der Waals surface area contributed by atoms with Gasteiger partial charge in [0.25, 0.3) is 0 Å². The molecule has 0 aliphatic rings. The predicted molar refractivity (Wildman–Crippen MR) is 110 cm³/mol. The van der Waals surface area contributed by atoms with Gasteiger partial charge in [0.1, 0.15) is 0 Å². The van der Waals surface area contributed by atoms with E-state index < -0.39 is 17.8 Å². The van der Waals surface area contributed by atoms with Crippen molar-refractivity contribution in [3.63, 3.8) is 0 Å². The van der Waals surface area contributed by atoms with Crippen molar-refractivity contribution in [1.82, 2.24) is 15.0 Å². The minimum absolute atomic E-state index is 0.196. The number of hydrogen-bond acceptors (Lipinski definition) is 5. The Kier molecular flexibility index (Phi) is 7.08. The van der Waals surface area contributed by atoms with Crippen LogP contribution in [0.15, 0.2) is 54.7 Å². The summed E-state index contributed by atoms with van der Waals surface area (Å²) in [5.74, 6) is -0.311. The maximum Gasteiger partial charge on any atom is 0.418 e. The van der Waals surface area contributed by atoms with Gasteiger partial charge >= 0.3 is 18.2 Å². The number of urea groups is 1. The smallest absolute Gasteiger partial charge is 0.418 e. The van der Waals surface area contributed by atoms with Gasteiger partial charge in [-0.25, -0.2) is 9.48 Å². The molecule has 2 aromatic carbocycles. The molecule has 0 spiro atoms. The highest BCUT2D eigenvalue weighted by atomic mass is 19.4. The van der Waals surface area contributed by atoms with Crippen LogP contribution in [0.5, 0.6) is 0 Å². The van der Waals surface area contributed by atoms with Gasteiger partial charge in [-0.3, -0.25) is 4.79 Å². The fraction of sp³-hybridized carbons (Fsp3) is 0.238. The van der Waals surface area contributed by atoms with Crippen LogP contribution < -0.4 is 10.6 Å². The van der Waals surface area contributed by atoms with Crippen molar-refractivity contribution >= 4 is 23.4 Å². The Morgan fingerprint density at radius 3 is 2.47 bits per heavy atom. The number of para-hydroxylation sites is 1. The van der Waals surface area contributed by atoms with Crippen LogP contribution in [0.25, 0.3) is 5.69 Å². The number of hydrogen-bond donors (Lipinski definition) is 2. The van der Waals surface area contributed by atoms with E-state index in [1.54, 1.807) is 37.4 Å². The number of halogens is 3. The molecular weight excluding hydrogens is 427 g/mol. The molecule has 3 aromatic rings. The van der Waals surface area contributed by atoms with Crippen LogP contribution in [0.1, 0.15) is 24.6 Å². The number of carbonyl (C=O) groups excluding carboxylic acids is 2. The lowest BCUT2D eigenvalue weighted by molar-refractivity contribution is -0.143. The van der Waals surface area contributed by atoms with E-state index in [9.17, 15) is 22.8 Å². The fourth-order valence-corrected chi connectivity index (χ4v) is 2.82. The van der Waals surface area contributed by atoms with E-state index in [-0.39, 0.29) is 18.1 Å². The normalized spacial score (nSPS) is 11.1. The van der Waals surface area contributed by atoms with Gasteiger partial charge < -0.3 is 15.4 Å². The minimum atomic E-state index is -4.58. The van der Waals surface area contributed by atoms with Crippen molar-refractivity contribution in [3.8, 4) is 5.69 Å². The van der Waals surface area contributed by atoms with E-state index in [4.69, 9.17) is 4.74 Å². The molecule has 0 aliphatic carbocycles. The molecule has 0 saturated carbocycles. The lowest BCUT2D eigenvalue weighted by Crippen LogP contribution is -2.21. The highest BCUT2D eigenvalue weighted by Crippen LogP contribution is 2.34. The molecule has 8 nitrogen and oxygen atoms in total. The molecule has 3 rings (SSSR count). The first-order chi connectivity index (χ1) is 15.3. The van der Waals surface area contributed by atoms with Crippen molar-refractivity contribution in [2.24, 2.45) is 0 Å². The van der Waals surface area contributed by atoms with Gasteiger partial charge in [-0.15, -0.1) is 5.10 Å². The number of alkyl halides is 3. The van der Waals surface area contributed by atoms with Crippen molar-refractivity contribution in [2.75, 3.05) is 17.2 Å². The quantitative estimate of drug-likeness (QED) is 0.523. The summed E-state index contributed by atoms with van der Waals surface area (Å²) in [5, 5.41) is 12.7. The van der Waals surface area contributed by atoms with E-state index in [0.29, 0.717) is 30.1 Å². The summed E-state index contributed by atoms with van der Waals surface area (Å²) in [6.07, 6.45) is -2.33. The van der Waals surface area contributed by atoms with Crippen molar-refractivity contribution in [1.29, 1.82) is 0 Å². The molecule has 0 atom stereocenters. The molecule has 0 bridgehead atoms. The van der Waals surface area contributed by atoms with Gasteiger partial charge in [0.15, 0.2) is 0 Å². The molecule has 0 fully saturated rings. The molecule has 0 unspecified atom stereocenters. The van der Waals surface area contributed by atoms with Gasteiger partial charge in [-0.05, 0) is 43.3 Å². The van der Waals surface area contributed by atoms with E-state index in [1.165, 1.54) is 22.9 Å². The van der Waals surface area contributed by atoms with E-state index >= 15 is 0 Å². The minimum Gasteiger partial charge on any atom is -0.466 e. The van der Waals surface area contributed by atoms with Crippen LogP contribution >= 0.6 is 0 Å². The summed E-state index contributed by atoms with van der Waals surface area (Å²) in [4.78, 5) is 23.6. The number of nitrogens with one attached hydrogen (secondary N) is 2. The number of esters is 1. The van der Waals surface area contributed by atoms with Crippen LogP contribution in [0.3, 0.4) is 0 Å². The summed E-state index contributed by atoms with van der Waals surface area (Å²) in [6.45, 7) is 2.05. The molecule has 1 aromatic heterocycles. The topological polar surface area (TPSA) is 98.1 Å². The molecule has 0 radical (unpaired) electrons. The number of ether oxygens (including phenoxy) is 1. The van der Waals surface area contributed by atoms with Crippen LogP contribution in [0.4, 0.5) is 29.3 Å². The summed E-state index contributed by atoms with van der Waals surface area (Å²) in [7, 11) is 0. The van der Waals surface area contributed by atoms with Crippen LogP contribution in [0.2, 0.25) is 0 Å². The number of carbonyl (C=O) groups is 2. The molecule has 2 amide bonds. The fourth-order valence-electron chi connectivity index (χ4n) is 2.82. The average Bonchev–Trinajstić information content (AvgIpc) is 3.22. The van der Waals surface area contributed by atoms with Gasteiger partial charge in [0, 0.05) is 12.1 Å². The van der Waals surface area contributed by atoms with Gasteiger partial charge in [-0.1, -0.05) is 17.3 Å². The summed E-state index contributed by atoms with van der Waals surface area (Å²) < 4.78 is 45.5. The second kappa shape index (κ2) is 9.94. The first kappa shape index (κ1) is 22.8. The summed E-state index contributed by atoms with van der Waals surface area (Å²) in [6, 6.07) is 10.4. The van der Waals surface area contributed by atoms with Crippen molar-refractivity contribution in [3.05, 3.63) is 66.0 Å². The number of nitrogens with zero attached hydrogens (tertiary/aromatic N) is 3. The Morgan fingerprint density at radius 2 is 1.78 bits per heavy atom. The maximum absolute atomic E-state index is 13.0. The lowest BCUT2D eigenvalue weighted by atomic mass is 10.1. The highest BCUT2D eigenvalue weighted by Gasteiger charge is 2.33. The van der Waals surface area contributed by atoms with Crippen molar-refractivity contribution < 1.29 is 27.5 Å². The second-order valence-corrected chi connectivity index (χ2v) is 6.63. The van der Waals surface area contributed by atoms with E-state index in [1.807, 2.05) is 0 Å². The molecule has 32 heavy (non-hydrogen) atoms. The predicted octanol–water partition coefficient (Wildman–Crippen LogP) is 4.43. The monoisotopic (exact) mass is 447 g/mol. The standard InChI is InChI=1S/C21H20F3N5O3/c1-2-32-19(30)12-9-15-13-29(28-27-15)16-10-7-14(8-11-16)25-20(31)26-18-6-4-3-5-17(18)21(22,23)24/h3-8,10-11,13H,2,9,12H2,1H3,(H2,25,26,31). The van der Waals surface area contributed by atoms with E-state index in [0.717, 1.165) is 6.07 Å². The Hall–Kier alpha value is -3.89. The molecule has 0 saturated heterocycles. The third-order valence-electron chi connectivity index (χ3n) is 4.30. The number of benzene rings is 2. The van der Waals surface area contributed by atoms with Crippen LogP contribution in [-0.2, 0) is 22.1 Å². The SMILES string of the molecule is CCOC(=O)CCc1cn(-c2ccc(NC(=O)Nc3ccccc3C(F)(F)F)cc2)nn1. The Balaban J connectivity index is 1.60. The molecule has 0 aliphatic heterocycles. The molecule has 168 valence electrons. The largest absolute Gasteiger partial charge is 0.466 e. The maximum atomic E-state index is 13.0. The van der Waals surface area contributed by atoms with Crippen molar-refractivity contribution in [2.45, 2.75) is 25.9 Å². The highest BCUT2D eigenvalue weighted by molar-refractivity contribution is 6.00. The third kappa shape index (κ3) is 6.06. The number of rotatable bonds is 7. The van der Waals surface area contributed by atoms with Gasteiger partial charge in [-0.2, -0.15) is 13.2 Å². The zero-order chi connectivity index (χ0) is 23.1.